The Balaban J connectivity index is 3.06. The van der Waals surface area contributed by atoms with Crippen LogP contribution in [0.2, 0.25) is 0 Å². The average molecular weight is 177 g/mol. The van der Waals surface area contributed by atoms with Crippen molar-refractivity contribution in [3.8, 4) is 0 Å². The summed E-state index contributed by atoms with van der Waals surface area (Å²) in [4.78, 5) is 3.95. The lowest BCUT2D eigenvalue weighted by Gasteiger charge is -2.24. The van der Waals surface area contributed by atoms with E-state index in [-0.39, 0.29) is 0 Å². The highest BCUT2D eigenvalue weighted by Gasteiger charge is 2.21. The molecule has 0 aliphatic heterocycles. The topological polar surface area (TPSA) is 50.4 Å². The van der Waals surface area contributed by atoms with Gasteiger partial charge in [-0.05, 0) is 26.1 Å². The zero-order valence-corrected chi connectivity index (χ0v) is 8.04. The van der Waals surface area contributed by atoms with Gasteiger partial charge in [0.2, 0.25) is 0 Å². The molecule has 1 aromatic carbocycles. The van der Waals surface area contributed by atoms with Crippen LogP contribution in [0.15, 0.2) is 29.3 Å². The second-order valence-corrected chi connectivity index (χ2v) is 3.24. The highest BCUT2D eigenvalue weighted by Crippen LogP contribution is 2.20. The lowest BCUT2D eigenvalue weighted by molar-refractivity contribution is 0.396. The quantitative estimate of drug-likeness (QED) is 0.416. The Hall–Kier alpha value is -1.19. The summed E-state index contributed by atoms with van der Waals surface area (Å²) in [6.45, 7) is 7.43. The van der Waals surface area contributed by atoms with Crippen molar-refractivity contribution in [3.05, 3.63) is 35.4 Å². The number of nitrogens with two attached hydrogens (primary N) is 1. The highest BCUT2D eigenvalue weighted by atomic mass is 15.3. The maximum Gasteiger partial charge on any atom is 0.144 e. The van der Waals surface area contributed by atoms with E-state index in [0.29, 0.717) is 0 Å². The van der Waals surface area contributed by atoms with Gasteiger partial charge in [-0.1, -0.05) is 29.8 Å². The minimum Gasteiger partial charge on any atom is -0.273 e. The van der Waals surface area contributed by atoms with Crippen LogP contribution in [-0.4, -0.2) is 6.72 Å². The molecule has 1 rings (SSSR count). The van der Waals surface area contributed by atoms with Crippen LogP contribution in [0.5, 0.6) is 0 Å². The number of hydrogen-bond donors (Lipinski definition) is 2. The third-order valence-electron chi connectivity index (χ3n) is 2.21. The van der Waals surface area contributed by atoms with Gasteiger partial charge in [0.25, 0.3) is 0 Å². The Kier molecular flexibility index (Phi) is 2.80. The Morgan fingerprint density at radius 3 is 2.31 bits per heavy atom. The molecule has 0 heterocycles. The van der Waals surface area contributed by atoms with Crippen molar-refractivity contribution >= 4 is 6.72 Å². The predicted octanol–water partition coefficient (Wildman–Crippen LogP) is 1.33. The van der Waals surface area contributed by atoms with Crippen molar-refractivity contribution in [2.24, 2.45) is 10.8 Å². The molecule has 1 aromatic rings. The summed E-state index contributed by atoms with van der Waals surface area (Å²) in [6.07, 6.45) is 0. The lowest BCUT2D eigenvalue weighted by Crippen LogP contribution is -2.42. The van der Waals surface area contributed by atoms with E-state index >= 15 is 0 Å². The van der Waals surface area contributed by atoms with Gasteiger partial charge in [0, 0.05) is 0 Å². The summed E-state index contributed by atoms with van der Waals surface area (Å²) in [5, 5.41) is 0. The van der Waals surface area contributed by atoms with E-state index < -0.39 is 5.66 Å². The van der Waals surface area contributed by atoms with E-state index in [9.17, 15) is 0 Å². The number of aliphatic imine (C=N–C) groups is 1. The van der Waals surface area contributed by atoms with Gasteiger partial charge in [-0.25, -0.2) is 5.43 Å². The molecule has 3 nitrogen and oxygen atoms in total. The van der Waals surface area contributed by atoms with Crippen molar-refractivity contribution in [2.45, 2.75) is 19.5 Å². The van der Waals surface area contributed by atoms with E-state index in [2.05, 4.69) is 17.1 Å². The van der Waals surface area contributed by atoms with E-state index in [1.54, 1.807) is 0 Å². The number of aryl methyl sites for hydroxylation is 1. The van der Waals surface area contributed by atoms with Gasteiger partial charge in [0.1, 0.15) is 5.66 Å². The maximum atomic E-state index is 5.40. The first kappa shape index (κ1) is 9.89. The molecule has 3 N–H and O–H groups in total. The zero-order chi connectivity index (χ0) is 9.90. The molecule has 0 radical (unpaired) electrons. The van der Waals surface area contributed by atoms with Gasteiger partial charge in [0.15, 0.2) is 0 Å². The second-order valence-electron chi connectivity index (χ2n) is 3.24. The van der Waals surface area contributed by atoms with Gasteiger partial charge in [-0.3, -0.25) is 10.8 Å². The van der Waals surface area contributed by atoms with Crippen LogP contribution in [0, 0.1) is 6.92 Å². The van der Waals surface area contributed by atoms with E-state index in [1.807, 2.05) is 38.1 Å². The van der Waals surface area contributed by atoms with Crippen LogP contribution in [0.1, 0.15) is 18.1 Å². The molecule has 70 valence electrons. The van der Waals surface area contributed by atoms with Crippen molar-refractivity contribution in [1.29, 1.82) is 0 Å². The van der Waals surface area contributed by atoms with Crippen molar-refractivity contribution in [1.82, 2.24) is 5.43 Å². The minimum absolute atomic E-state index is 0.590. The molecule has 0 amide bonds. The number of nitrogens with one attached hydrogen (secondary N) is 1. The molecule has 0 spiro atoms. The standard InChI is InChI=1S/C10H15N3/c1-8-4-6-9(7-5-8)10(2,12-3)13-11/h4-7,13H,3,11H2,1-2H3. The molecular formula is C10H15N3. The summed E-state index contributed by atoms with van der Waals surface area (Å²) in [7, 11) is 0. The minimum atomic E-state index is -0.590. The van der Waals surface area contributed by atoms with Crippen LogP contribution in [0.25, 0.3) is 0 Å². The van der Waals surface area contributed by atoms with E-state index in [1.165, 1.54) is 5.56 Å². The summed E-state index contributed by atoms with van der Waals surface area (Å²) in [5.74, 6) is 5.40. The van der Waals surface area contributed by atoms with Gasteiger partial charge in [-0.15, -0.1) is 0 Å². The van der Waals surface area contributed by atoms with Crippen molar-refractivity contribution < 1.29 is 0 Å². The Bertz CT molecular complexity index is 292. The molecule has 0 saturated heterocycles. The normalized spacial score (nSPS) is 15.0. The van der Waals surface area contributed by atoms with E-state index in [4.69, 9.17) is 5.84 Å². The first-order valence-corrected chi connectivity index (χ1v) is 4.15. The van der Waals surface area contributed by atoms with Crippen LogP contribution in [0.3, 0.4) is 0 Å². The monoisotopic (exact) mass is 177 g/mol. The molecular weight excluding hydrogens is 162 g/mol. The Morgan fingerprint density at radius 2 is 1.92 bits per heavy atom. The molecule has 0 aliphatic rings. The third-order valence-corrected chi connectivity index (χ3v) is 2.21. The SMILES string of the molecule is C=NC(C)(NN)c1ccc(C)cc1. The third kappa shape index (κ3) is 1.94. The number of hydrazine groups is 1. The van der Waals surface area contributed by atoms with Crippen molar-refractivity contribution in [2.75, 3.05) is 0 Å². The first-order valence-electron chi connectivity index (χ1n) is 4.15. The largest absolute Gasteiger partial charge is 0.273 e. The zero-order valence-electron chi connectivity index (χ0n) is 8.04. The number of hydrogen-bond acceptors (Lipinski definition) is 3. The first-order chi connectivity index (χ1) is 6.12. The molecule has 3 heteroatoms. The molecule has 1 unspecified atom stereocenters. The molecule has 0 bridgehead atoms. The number of rotatable bonds is 3. The van der Waals surface area contributed by atoms with Crippen molar-refractivity contribution in [3.63, 3.8) is 0 Å². The van der Waals surface area contributed by atoms with Gasteiger partial charge >= 0.3 is 0 Å². The molecule has 0 saturated carbocycles. The fourth-order valence-electron chi connectivity index (χ4n) is 1.10. The number of benzene rings is 1. The molecule has 1 atom stereocenters. The maximum absolute atomic E-state index is 5.40. The fraction of sp³-hybridized carbons (Fsp3) is 0.300. The Labute approximate surface area is 78.6 Å². The van der Waals surface area contributed by atoms with Gasteiger partial charge in [-0.2, -0.15) is 0 Å². The van der Waals surface area contributed by atoms with Crippen LogP contribution in [-0.2, 0) is 5.66 Å². The smallest absolute Gasteiger partial charge is 0.144 e. The summed E-state index contributed by atoms with van der Waals surface area (Å²) >= 11 is 0. The molecule has 0 fully saturated rings. The molecule has 0 aromatic heterocycles. The summed E-state index contributed by atoms with van der Waals surface area (Å²) in [6, 6.07) is 8.03. The number of nitrogens with zero attached hydrogens (tertiary/aromatic N) is 1. The van der Waals surface area contributed by atoms with Crippen LogP contribution >= 0.6 is 0 Å². The lowest BCUT2D eigenvalue weighted by atomic mass is 10.0. The van der Waals surface area contributed by atoms with Gasteiger partial charge < -0.3 is 0 Å². The molecule has 13 heavy (non-hydrogen) atoms. The van der Waals surface area contributed by atoms with Crippen LogP contribution < -0.4 is 11.3 Å². The van der Waals surface area contributed by atoms with Crippen LogP contribution in [0.4, 0.5) is 0 Å². The summed E-state index contributed by atoms with van der Waals surface area (Å²) in [5.41, 5.74) is 4.27. The average Bonchev–Trinajstić information content (AvgIpc) is 2.18. The second kappa shape index (κ2) is 3.68. The predicted molar refractivity (Wildman–Crippen MR) is 55.4 cm³/mol. The molecule has 0 aliphatic carbocycles. The Morgan fingerprint density at radius 1 is 1.38 bits per heavy atom. The van der Waals surface area contributed by atoms with E-state index in [0.717, 1.165) is 5.56 Å². The highest BCUT2D eigenvalue weighted by molar-refractivity contribution is 5.32. The van der Waals surface area contributed by atoms with Gasteiger partial charge in [0.05, 0.1) is 0 Å². The summed E-state index contributed by atoms with van der Waals surface area (Å²) < 4.78 is 0. The fourth-order valence-corrected chi connectivity index (χ4v) is 1.10.